The third-order valence-electron chi connectivity index (χ3n) is 3.73. The van der Waals surface area contributed by atoms with Crippen LogP contribution in [-0.2, 0) is 0 Å². The van der Waals surface area contributed by atoms with Gasteiger partial charge in [-0.25, -0.2) is 8.78 Å². The van der Waals surface area contributed by atoms with E-state index in [-0.39, 0.29) is 11.6 Å². The standard InChI is InChI=1S/C19H18F2OSi/c1-23(2,3)18-12-17(13-4-8-15(20)9-5-13)19(22-18)14-6-10-16(21)11-7-14/h4-12H,1-3H3. The minimum Gasteiger partial charge on any atom is -0.466 e. The summed E-state index contributed by atoms with van der Waals surface area (Å²) >= 11 is 0. The molecule has 0 saturated heterocycles. The number of halogens is 2. The Hall–Kier alpha value is -2.20. The molecule has 1 heterocycles. The van der Waals surface area contributed by atoms with Crippen molar-refractivity contribution in [1.29, 1.82) is 0 Å². The maximum atomic E-state index is 13.2. The highest BCUT2D eigenvalue weighted by atomic mass is 28.3. The number of hydrogen-bond donors (Lipinski definition) is 0. The number of benzene rings is 2. The topological polar surface area (TPSA) is 13.1 Å². The fourth-order valence-corrected chi connectivity index (χ4v) is 3.41. The van der Waals surface area contributed by atoms with E-state index in [0.717, 1.165) is 22.1 Å². The quantitative estimate of drug-likeness (QED) is 0.584. The van der Waals surface area contributed by atoms with Crippen LogP contribution in [0.5, 0.6) is 0 Å². The van der Waals surface area contributed by atoms with E-state index in [4.69, 9.17) is 4.42 Å². The molecule has 2 aromatic carbocycles. The maximum Gasteiger partial charge on any atom is 0.141 e. The molecule has 3 rings (SSSR count). The summed E-state index contributed by atoms with van der Waals surface area (Å²) in [5.74, 6) is 0.147. The molecule has 0 fully saturated rings. The van der Waals surface area contributed by atoms with Crippen LogP contribution < -0.4 is 5.38 Å². The van der Waals surface area contributed by atoms with Gasteiger partial charge < -0.3 is 4.42 Å². The second-order valence-corrected chi connectivity index (χ2v) is 11.6. The lowest BCUT2D eigenvalue weighted by molar-refractivity contribution is 0.611. The van der Waals surface area contributed by atoms with Crippen LogP contribution in [0.25, 0.3) is 22.5 Å². The molecule has 0 N–H and O–H groups in total. The second-order valence-electron chi connectivity index (χ2n) is 6.62. The third kappa shape index (κ3) is 3.27. The van der Waals surface area contributed by atoms with Crippen molar-refractivity contribution < 1.29 is 13.2 Å². The predicted octanol–water partition coefficient (Wildman–Crippen LogP) is 5.44. The first-order chi connectivity index (χ1) is 10.8. The average Bonchev–Trinajstić information content (AvgIpc) is 2.94. The lowest BCUT2D eigenvalue weighted by Gasteiger charge is -2.11. The summed E-state index contributed by atoms with van der Waals surface area (Å²) in [6.07, 6.45) is 0. The highest BCUT2D eigenvalue weighted by molar-refractivity contribution is 6.87. The Morgan fingerprint density at radius 1 is 0.739 bits per heavy atom. The molecular weight excluding hydrogens is 310 g/mol. The van der Waals surface area contributed by atoms with E-state index in [1.165, 1.54) is 24.3 Å². The van der Waals surface area contributed by atoms with Crippen molar-refractivity contribution in [3.8, 4) is 22.5 Å². The van der Waals surface area contributed by atoms with Crippen molar-refractivity contribution in [3.05, 3.63) is 66.2 Å². The van der Waals surface area contributed by atoms with Crippen molar-refractivity contribution >= 4 is 13.5 Å². The van der Waals surface area contributed by atoms with Gasteiger partial charge in [-0.2, -0.15) is 0 Å². The summed E-state index contributed by atoms with van der Waals surface area (Å²) in [7, 11) is -1.65. The van der Waals surface area contributed by atoms with Crippen molar-refractivity contribution in [2.75, 3.05) is 0 Å². The fraction of sp³-hybridized carbons (Fsp3) is 0.158. The van der Waals surface area contributed by atoms with E-state index in [9.17, 15) is 8.78 Å². The molecule has 3 aromatic rings. The van der Waals surface area contributed by atoms with E-state index in [1.54, 1.807) is 24.3 Å². The fourth-order valence-electron chi connectivity index (χ4n) is 2.42. The first-order valence-corrected chi connectivity index (χ1v) is 11.0. The van der Waals surface area contributed by atoms with Gasteiger partial charge in [-0.15, -0.1) is 0 Å². The molecule has 0 aliphatic rings. The summed E-state index contributed by atoms with van der Waals surface area (Å²) in [4.78, 5) is 0. The molecule has 23 heavy (non-hydrogen) atoms. The van der Waals surface area contributed by atoms with Gasteiger partial charge in [0.2, 0.25) is 0 Å². The number of furan rings is 1. The summed E-state index contributed by atoms with van der Waals surface area (Å²) in [6.45, 7) is 6.61. The van der Waals surface area contributed by atoms with Crippen molar-refractivity contribution in [2.45, 2.75) is 19.6 Å². The SMILES string of the molecule is C[Si](C)(C)c1cc(-c2ccc(F)cc2)c(-c2ccc(F)cc2)o1. The van der Waals surface area contributed by atoms with Gasteiger partial charge in [0.1, 0.15) is 25.5 Å². The molecule has 118 valence electrons. The Balaban J connectivity index is 2.18. The van der Waals surface area contributed by atoms with Crippen LogP contribution in [0.1, 0.15) is 0 Å². The first kappa shape index (κ1) is 15.7. The highest BCUT2D eigenvalue weighted by Crippen LogP contribution is 2.33. The molecule has 0 spiro atoms. The minimum absolute atomic E-state index is 0.272. The van der Waals surface area contributed by atoms with Gasteiger partial charge in [0.05, 0.1) is 5.38 Å². The average molecular weight is 328 g/mol. The lowest BCUT2D eigenvalue weighted by Crippen LogP contribution is -2.36. The highest BCUT2D eigenvalue weighted by Gasteiger charge is 2.25. The zero-order valence-electron chi connectivity index (χ0n) is 13.4. The molecule has 0 aliphatic carbocycles. The van der Waals surface area contributed by atoms with Gasteiger partial charge in [0, 0.05) is 11.1 Å². The van der Waals surface area contributed by atoms with E-state index >= 15 is 0 Å². The van der Waals surface area contributed by atoms with Crippen LogP contribution in [0.15, 0.2) is 59.0 Å². The largest absolute Gasteiger partial charge is 0.466 e. The van der Waals surface area contributed by atoms with Crippen LogP contribution in [0, 0.1) is 11.6 Å². The van der Waals surface area contributed by atoms with Crippen LogP contribution >= 0.6 is 0 Å². The van der Waals surface area contributed by atoms with Crippen LogP contribution in [0.4, 0.5) is 8.78 Å². The van der Waals surface area contributed by atoms with Crippen LogP contribution in [0.2, 0.25) is 19.6 Å². The zero-order chi connectivity index (χ0) is 16.6. The molecule has 0 atom stereocenters. The van der Waals surface area contributed by atoms with E-state index in [0.29, 0.717) is 5.76 Å². The Morgan fingerprint density at radius 3 is 1.70 bits per heavy atom. The molecule has 0 aliphatic heterocycles. The maximum absolute atomic E-state index is 13.2. The van der Waals surface area contributed by atoms with Crippen LogP contribution in [-0.4, -0.2) is 8.07 Å². The van der Waals surface area contributed by atoms with Crippen molar-refractivity contribution in [2.24, 2.45) is 0 Å². The number of hydrogen-bond acceptors (Lipinski definition) is 1. The Morgan fingerprint density at radius 2 is 1.22 bits per heavy atom. The third-order valence-corrected chi connectivity index (χ3v) is 5.46. The monoisotopic (exact) mass is 328 g/mol. The molecule has 0 amide bonds. The van der Waals surface area contributed by atoms with Gasteiger partial charge in [-0.3, -0.25) is 0 Å². The normalized spacial score (nSPS) is 11.7. The molecule has 0 unspecified atom stereocenters. The first-order valence-electron chi connectivity index (χ1n) is 7.51. The zero-order valence-corrected chi connectivity index (χ0v) is 14.4. The van der Waals surface area contributed by atoms with E-state index in [1.807, 2.05) is 6.07 Å². The molecule has 1 nitrogen and oxygen atoms in total. The van der Waals surface area contributed by atoms with Crippen molar-refractivity contribution in [1.82, 2.24) is 0 Å². The molecule has 4 heteroatoms. The van der Waals surface area contributed by atoms with Crippen LogP contribution in [0.3, 0.4) is 0 Å². The van der Waals surface area contributed by atoms with Gasteiger partial charge in [-0.05, 0) is 48.0 Å². The Bertz CT molecular complexity index is 749. The molecular formula is C19H18F2OSi. The lowest BCUT2D eigenvalue weighted by atomic mass is 10.0. The molecule has 1 aromatic heterocycles. The number of rotatable bonds is 3. The van der Waals surface area contributed by atoms with Gasteiger partial charge in [0.25, 0.3) is 0 Å². The molecule has 0 bridgehead atoms. The second kappa shape index (κ2) is 5.78. The van der Waals surface area contributed by atoms with Gasteiger partial charge in [0.15, 0.2) is 0 Å². The summed E-state index contributed by atoms with van der Waals surface area (Å²) in [5.41, 5.74) is 2.61. The van der Waals surface area contributed by atoms with Gasteiger partial charge in [-0.1, -0.05) is 31.8 Å². The smallest absolute Gasteiger partial charge is 0.141 e. The summed E-state index contributed by atoms with van der Waals surface area (Å²) < 4.78 is 32.5. The summed E-state index contributed by atoms with van der Waals surface area (Å²) in [6, 6.07) is 14.6. The summed E-state index contributed by atoms with van der Waals surface area (Å²) in [5, 5.41) is 0.969. The van der Waals surface area contributed by atoms with E-state index < -0.39 is 8.07 Å². The van der Waals surface area contributed by atoms with Crippen molar-refractivity contribution in [3.63, 3.8) is 0 Å². The van der Waals surface area contributed by atoms with E-state index in [2.05, 4.69) is 19.6 Å². The Kier molecular flexibility index (Phi) is 3.94. The molecule has 0 radical (unpaired) electrons. The van der Waals surface area contributed by atoms with Gasteiger partial charge >= 0.3 is 0 Å². The minimum atomic E-state index is -1.65. The Labute approximate surface area is 135 Å². The predicted molar refractivity (Wildman–Crippen MR) is 92.5 cm³/mol. The molecule has 0 saturated carbocycles.